The van der Waals surface area contributed by atoms with Crippen molar-refractivity contribution in [3.63, 3.8) is 0 Å². The Morgan fingerprint density at radius 2 is 1.93 bits per heavy atom. The van der Waals surface area contributed by atoms with Gasteiger partial charge in [0.2, 0.25) is 5.91 Å². The number of nitrogens with zero attached hydrogens (tertiary/aromatic N) is 2. The summed E-state index contributed by atoms with van der Waals surface area (Å²) >= 11 is 0. The van der Waals surface area contributed by atoms with Gasteiger partial charge in [-0.25, -0.2) is 0 Å². The Hall–Kier alpha value is -1.96. The van der Waals surface area contributed by atoms with Gasteiger partial charge in [-0.2, -0.15) is 0 Å². The molecule has 1 aromatic carbocycles. The second-order valence-electron chi connectivity index (χ2n) is 6.94. The molecule has 1 aliphatic heterocycles. The number of hydrogen-bond acceptors (Lipinski definition) is 5. The van der Waals surface area contributed by atoms with Crippen LogP contribution in [-0.2, 0) is 27.5 Å². The number of hydrogen-bond donors (Lipinski definition) is 2. The van der Waals surface area contributed by atoms with E-state index in [1.54, 1.807) is 7.11 Å². The Balaban J connectivity index is 1.75. The van der Waals surface area contributed by atoms with E-state index in [0.717, 1.165) is 43.6 Å². The van der Waals surface area contributed by atoms with Crippen molar-refractivity contribution in [2.45, 2.75) is 39.0 Å². The molecule has 1 saturated heterocycles. The van der Waals surface area contributed by atoms with Crippen LogP contribution < -0.4 is 5.32 Å². The average molecular weight is 377 g/mol. The van der Waals surface area contributed by atoms with E-state index in [-0.39, 0.29) is 18.5 Å². The number of ether oxygens (including phenoxy) is 1. The zero-order valence-electron chi connectivity index (χ0n) is 16.3. The van der Waals surface area contributed by atoms with E-state index in [4.69, 9.17) is 9.84 Å². The number of carbonyl (C=O) groups excluding carboxylic acids is 1. The number of carboxylic acid groups (broad SMARTS) is 1. The minimum atomic E-state index is -0.785. The summed E-state index contributed by atoms with van der Waals surface area (Å²) in [6.07, 6.45) is 1.79. The van der Waals surface area contributed by atoms with Crippen LogP contribution in [0.25, 0.3) is 0 Å². The molecule has 1 fully saturated rings. The Morgan fingerprint density at radius 1 is 1.26 bits per heavy atom. The van der Waals surface area contributed by atoms with Gasteiger partial charge in [-0.1, -0.05) is 31.2 Å². The summed E-state index contributed by atoms with van der Waals surface area (Å²) in [6.45, 7) is 5.85. The molecule has 1 heterocycles. The van der Waals surface area contributed by atoms with E-state index >= 15 is 0 Å². The third-order valence-electron chi connectivity index (χ3n) is 5.08. The lowest BCUT2D eigenvalue weighted by Crippen LogP contribution is -2.48. The van der Waals surface area contributed by atoms with Crippen LogP contribution >= 0.6 is 0 Å². The maximum atomic E-state index is 12.3. The molecule has 1 aromatic rings. The van der Waals surface area contributed by atoms with Gasteiger partial charge in [0, 0.05) is 32.8 Å². The minimum absolute atomic E-state index is 0.0125. The molecule has 0 atom stereocenters. The number of likely N-dealkylation sites (tertiary alicyclic amines) is 1. The molecule has 7 heteroatoms. The summed E-state index contributed by atoms with van der Waals surface area (Å²) in [6, 6.07) is 8.22. The van der Waals surface area contributed by atoms with Crippen LogP contribution in [0.3, 0.4) is 0 Å². The number of piperidine rings is 1. The first-order valence-electron chi connectivity index (χ1n) is 9.54. The smallest absolute Gasteiger partial charge is 0.317 e. The minimum Gasteiger partial charge on any atom is -0.480 e. The van der Waals surface area contributed by atoms with Crippen LogP contribution in [0.2, 0.25) is 0 Å². The van der Waals surface area contributed by atoms with Crippen molar-refractivity contribution < 1.29 is 19.4 Å². The monoisotopic (exact) mass is 377 g/mol. The summed E-state index contributed by atoms with van der Waals surface area (Å²) in [5, 5.41) is 12.0. The van der Waals surface area contributed by atoms with Crippen molar-refractivity contribution in [3.05, 3.63) is 35.4 Å². The normalized spacial score (nSPS) is 15.8. The van der Waals surface area contributed by atoms with Crippen molar-refractivity contribution in [3.8, 4) is 0 Å². The van der Waals surface area contributed by atoms with Crippen molar-refractivity contribution >= 4 is 11.9 Å². The lowest BCUT2D eigenvalue weighted by Gasteiger charge is -2.37. The number of carboxylic acids is 1. The van der Waals surface area contributed by atoms with Gasteiger partial charge in [-0.05, 0) is 30.5 Å². The van der Waals surface area contributed by atoms with Gasteiger partial charge in [-0.3, -0.25) is 19.4 Å². The Bertz CT molecular complexity index is 615. The lowest BCUT2D eigenvalue weighted by molar-refractivity contribution is -0.139. The topological polar surface area (TPSA) is 82.1 Å². The third-order valence-corrected chi connectivity index (χ3v) is 5.08. The van der Waals surface area contributed by atoms with Crippen molar-refractivity contribution in [2.75, 3.05) is 39.8 Å². The first kappa shape index (κ1) is 21.3. The quantitative estimate of drug-likeness (QED) is 0.640. The first-order valence-corrected chi connectivity index (χ1v) is 9.54. The van der Waals surface area contributed by atoms with Gasteiger partial charge in [0.1, 0.15) is 0 Å². The van der Waals surface area contributed by atoms with E-state index in [1.807, 2.05) is 36.1 Å². The van der Waals surface area contributed by atoms with E-state index < -0.39 is 5.97 Å². The number of nitrogens with one attached hydrogen (secondary N) is 1. The van der Waals surface area contributed by atoms with E-state index in [0.29, 0.717) is 19.7 Å². The molecule has 0 radical (unpaired) electrons. The van der Waals surface area contributed by atoms with E-state index in [2.05, 4.69) is 10.2 Å². The Kier molecular flexibility index (Phi) is 8.71. The molecule has 0 bridgehead atoms. The highest BCUT2D eigenvalue weighted by atomic mass is 16.5. The molecule has 0 unspecified atom stereocenters. The maximum Gasteiger partial charge on any atom is 0.317 e. The number of benzene rings is 1. The Labute approximate surface area is 161 Å². The summed E-state index contributed by atoms with van der Waals surface area (Å²) in [5.41, 5.74) is 2.15. The molecule has 0 aromatic heterocycles. The fourth-order valence-corrected chi connectivity index (χ4v) is 3.59. The molecule has 1 amide bonds. The number of aliphatic carboxylic acids is 1. The van der Waals surface area contributed by atoms with E-state index in [9.17, 15) is 9.59 Å². The third kappa shape index (κ3) is 6.93. The second kappa shape index (κ2) is 11.0. The van der Waals surface area contributed by atoms with Gasteiger partial charge < -0.3 is 15.2 Å². The maximum absolute atomic E-state index is 12.3. The predicted octanol–water partition coefficient (Wildman–Crippen LogP) is 1.32. The highest BCUT2D eigenvalue weighted by molar-refractivity contribution is 5.78. The molecular formula is C20H31N3O4. The molecule has 7 nitrogen and oxygen atoms in total. The van der Waals surface area contributed by atoms with Gasteiger partial charge in [-0.15, -0.1) is 0 Å². The number of likely N-dealkylation sites (N-methyl/N-ethyl adjacent to an activating group) is 1. The Morgan fingerprint density at radius 3 is 2.52 bits per heavy atom. The van der Waals surface area contributed by atoms with E-state index in [1.165, 1.54) is 0 Å². The fourth-order valence-electron chi connectivity index (χ4n) is 3.59. The molecule has 150 valence electrons. The average Bonchev–Trinajstić information content (AvgIpc) is 2.66. The molecule has 27 heavy (non-hydrogen) atoms. The van der Waals surface area contributed by atoms with Crippen molar-refractivity contribution in [1.29, 1.82) is 0 Å². The summed E-state index contributed by atoms with van der Waals surface area (Å²) in [4.78, 5) is 27.4. The molecule has 2 rings (SSSR count). The standard InChI is InChI=1S/C20H31N3O4/c1-3-23(14-20(25)26)18-8-10-22(11-9-18)13-19(24)21-12-16-6-4-5-7-17(16)15-27-2/h4-7,18H,3,8-15H2,1-2H3,(H,21,24)(H,25,26). The summed E-state index contributed by atoms with van der Waals surface area (Å²) < 4.78 is 5.20. The molecular weight excluding hydrogens is 346 g/mol. The molecule has 1 aliphatic rings. The number of carbonyl (C=O) groups is 2. The zero-order valence-corrected chi connectivity index (χ0v) is 16.3. The van der Waals surface area contributed by atoms with Crippen molar-refractivity contribution in [1.82, 2.24) is 15.1 Å². The predicted molar refractivity (Wildman–Crippen MR) is 103 cm³/mol. The molecule has 2 N–H and O–H groups in total. The highest BCUT2D eigenvalue weighted by Crippen LogP contribution is 2.16. The van der Waals surface area contributed by atoms with Gasteiger partial charge in [0.05, 0.1) is 19.7 Å². The molecule has 0 spiro atoms. The van der Waals surface area contributed by atoms with Crippen LogP contribution in [0.5, 0.6) is 0 Å². The largest absolute Gasteiger partial charge is 0.480 e. The molecule has 0 saturated carbocycles. The van der Waals surface area contributed by atoms with Gasteiger partial charge in [0.25, 0.3) is 0 Å². The van der Waals surface area contributed by atoms with Gasteiger partial charge >= 0.3 is 5.97 Å². The summed E-state index contributed by atoms with van der Waals surface area (Å²) in [7, 11) is 1.66. The van der Waals surface area contributed by atoms with Crippen LogP contribution in [0.1, 0.15) is 30.9 Å². The van der Waals surface area contributed by atoms with Crippen molar-refractivity contribution in [2.24, 2.45) is 0 Å². The van der Waals surface area contributed by atoms with Crippen LogP contribution in [0.15, 0.2) is 24.3 Å². The van der Waals surface area contributed by atoms with Crippen LogP contribution in [0, 0.1) is 0 Å². The number of amides is 1. The summed E-state index contributed by atoms with van der Waals surface area (Å²) in [5.74, 6) is -0.772. The molecule has 0 aliphatic carbocycles. The fraction of sp³-hybridized carbons (Fsp3) is 0.600. The first-order chi connectivity index (χ1) is 13.0. The number of rotatable bonds is 10. The SMILES string of the molecule is CCN(CC(=O)O)C1CCN(CC(=O)NCc2ccccc2COC)CC1. The van der Waals surface area contributed by atoms with Gasteiger partial charge in [0.15, 0.2) is 0 Å². The second-order valence-corrected chi connectivity index (χ2v) is 6.94. The highest BCUT2D eigenvalue weighted by Gasteiger charge is 2.25. The lowest BCUT2D eigenvalue weighted by atomic mass is 10.0. The van der Waals surface area contributed by atoms with Crippen LogP contribution in [-0.4, -0.2) is 72.7 Å². The van der Waals surface area contributed by atoms with Crippen LogP contribution in [0.4, 0.5) is 0 Å². The zero-order chi connectivity index (χ0) is 19.6. The number of methoxy groups -OCH3 is 1.